The molecule has 136 valence electrons. The van der Waals surface area contributed by atoms with Gasteiger partial charge >= 0.3 is 0 Å². The van der Waals surface area contributed by atoms with E-state index in [1.807, 2.05) is 19.2 Å². The number of fused-ring (bicyclic) bond motifs is 2. The van der Waals surface area contributed by atoms with Gasteiger partial charge in [0.25, 0.3) is 0 Å². The van der Waals surface area contributed by atoms with Crippen molar-refractivity contribution in [2.45, 2.75) is 51.1 Å². The topological polar surface area (TPSA) is 37.0 Å². The molecule has 2 aromatic rings. The van der Waals surface area contributed by atoms with Gasteiger partial charge in [-0.15, -0.1) is 0 Å². The maximum atomic E-state index is 5.82. The molecule has 1 aromatic carbocycles. The van der Waals surface area contributed by atoms with Crippen molar-refractivity contribution in [3.05, 3.63) is 65.0 Å². The van der Waals surface area contributed by atoms with E-state index in [9.17, 15) is 0 Å². The van der Waals surface area contributed by atoms with Crippen LogP contribution in [0, 0.1) is 19.8 Å². The normalized spacial score (nSPS) is 25.7. The molecule has 0 radical (unpaired) electrons. The summed E-state index contributed by atoms with van der Waals surface area (Å²) in [6, 6.07) is 13.1. The van der Waals surface area contributed by atoms with Crippen molar-refractivity contribution in [2.75, 3.05) is 6.54 Å². The predicted molar refractivity (Wildman–Crippen MR) is 110 cm³/mol. The Hall–Kier alpha value is -1.78. The van der Waals surface area contributed by atoms with Crippen LogP contribution < -0.4 is 10.6 Å². The molecule has 0 spiro atoms. The zero-order valence-corrected chi connectivity index (χ0v) is 16.4. The molecule has 1 saturated carbocycles. The number of aromatic nitrogens is 1. The van der Waals surface area contributed by atoms with Crippen molar-refractivity contribution < 1.29 is 0 Å². The van der Waals surface area contributed by atoms with Crippen molar-refractivity contribution in [3.8, 4) is 0 Å². The van der Waals surface area contributed by atoms with Gasteiger partial charge < -0.3 is 10.6 Å². The SMILES string of the molecule is Cc1cccc(C(NC(=S)c2cccnc2C)C23CCCC(CN2)C3)c1. The number of benzene rings is 1. The highest BCUT2D eigenvalue weighted by Crippen LogP contribution is 2.45. The van der Waals surface area contributed by atoms with Crippen molar-refractivity contribution in [3.63, 3.8) is 0 Å². The molecule has 3 atom stereocenters. The summed E-state index contributed by atoms with van der Waals surface area (Å²) in [5.74, 6) is 0.798. The van der Waals surface area contributed by atoms with Crippen molar-refractivity contribution in [1.82, 2.24) is 15.6 Å². The number of pyridine rings is 1. The van der Waals surface area contributed by atoms with Gasteiger partial charge in [0.15, 0.2) is 0 Å². The maximum Gasteiger partial charge on any atom is 0.108 e. The van der Waals surface area contributed by atoms with E-state index < -0.39 is 0 Å². The van der Waals surface area contributed by atoms with Gasteiger partial charge in [-0.05, 0) is 63.3 Å². The summed E-state index contributed by atoms with van der Waals surface area (Å²) in [5, 5.41) is 7.62. The van der Waals surface area contributed by atoms with E-state index in [0.717, 1.165) is 28.7 Å². The highest BCUT2D eigenvalue weighted by Gasteiger charge is 2.47. The number of hydrogen-bond donors (Lipinski definition) is 2. The molecule has 3 unspecified atom stereocenters. The van der Waals surface area contributed by atoms with Crippen LogP contribution in [0.25, 0.3) is 0 Å². The van der Waals surface area contributed by atoms with Gasteiger partial charge in [-0.1, -0.05) is 48.5 Å². The van der Waals surface area contributed by atoms with Crippen LogP contribution in [0.15, 0.2) is 42.6 Å². The van der Waals surface area contributed by atoms with Crippen LogP contribution in [0.1, 0.15) is 54.1 Å². The number of aryl methyl sites for hydroxylation is 2. The monoisotopic (exact) mass is 365 g/mol. The van der Waals surface area contributed by atoms with Crippen LogP contribution in [0.5, 0.6) is 0 Å². The molecule has 4 rings (SSSR count). The van der Waals surface area contributed by atoms with Crippen LogP contribution in [0.3, 0.4) is 0 Å². The van der Waals surface area contributed by atoms with E-state index in [4.69, 9.17) is 12.2 Å². The molecule has 26 heavy (non-hydrogen) atoms. The van der Waals surface area contributed by atoms with Crippen LogP contribution in [-0.4, -0.2) is 22.1 Å². The molecule has 0 amide bonds. The summed E-state index contributed by atoms with van der Waals surface area (Å²) in [7, 11) is 0. The van der Waals surface area contributed by atoms with Gasteiger partial charge in [-0.3, -0.25) is 4.98 Å². The van der Waals surface area contributed by atoms with E-state index in [-0.39, 0.29) is 11.6 Å². The molecule has 4 heteroatoms. The largest absolute Gasteiger partial charge is 0.367 e. The zero-order valence-electron chi connectivity index (χ0n) is 15.6. The first-order valence-electron chi connectivity index (χ1n) is 9.61. The Kier molecular flexibility index (Phi) is 4.80. The molecule has 2 bridgehead atoms. The van der Waals surface area contributed by atoms with E-state index >= 15 is 0 Å². The van der Waals surface area contributed by atoms with Gasteiger partial charge in [-0.2, -0.15) is 0 Å². The average Bonchev–Trinajstić information content (AvgIpc) is 2.94. The van der Waals surface area contributed by atoms with Crippen molar-refractivity contribution in [1.29, 1.82) is 0 Å². The predicted octanol–water partition coefficient (Wildman–Crippen LogP) is 4.24. The second kappa shape index (κ2) is 7.09. The quantitative estimate of drug-likeness (QED) is 0.795. The van der Waals surface area contributed by atoms with Gasteiger partial charge in [0.2, 0.25) is 0 Å². The molecule has 3 nitrogen and oxygen atoms in total. The minimum Gasteiger partial charge on any atom is -0.367 e. The van der Waals surface area contributed by atoms with Gasteiger partial charge in [0.1, 0.15) is 4.99 Å². The summed E-state index contributed by atoms with van der Waals surface area (Å²) in [6.45, 7) is 5.31. The van der Waals surface area contributed by atoms with Crippen LogP contribution >= 0.6 is 12.2 Å². The Morgan fingerprint density at radius 2 is 2.19 bits per heavy atom. The fraction of sp³-hybridized carbons (Fsp3) is 0.455. The van der Waals surface area contributed by atoms with Gasteiger partial charge in [-0.25, -0.2) is 0 Å². The third-order valence-corrected chi connectivity index (χ3v) is 6.42. The fourth-order valence-electron chi connectivity index (χ4n) is 4.80. The molecule has 2 aliphatic rings. The molecular weight excluding hydrogens is 338 g/mol. The maximum absolute atomic E-state index is 5.82. The summed E-state index contributed by atoms with van der Waals surface area (Å²) in [5.41, 5.74) is 4.72. The minimum absolute atomic E-state index is 0.0941. The molecule has 2 heterocycles. The number of thiocarbonyl (C=S) groups is 1. The average molecular weight is 366 g/mol. The van der Waals surface area contributed by atoms with E-state index in [1.165, 1.54) is 36.8 Å². The van der Waals surface area contributed by atoms with Crippen molar-refractivity contribution >= 4 is 17.2 Å². The summed E-state index contributed by atoms with van der Waals surface area (Å²) >= 11 is 5.82. The Bertz CT molecular complexity index is 815. The smallest absolute Gasteiger partial charge is 0.108 e. The molecule has 2 N–H and O–H groups in total. The van der Waals surface area contributed by atoms with E-state index in [1.54, 1.807) is 0 Å². The van der Waals surface area contributed by atoms with Crippen molar-refractivity contribution in [2.24, 2.45) is 5.92 Å². The summed E-state index contributed by atoms with van der Waals surface area (Å²) < 4.78 is 0. The minimum atomic E-state index is 0.0941. The Morgan fingerprint density at radius 3 is 3.00 bits per heavy atom. The molecule has 2 fully saturated rings. The third-order valence-electron chi connectivity index (χ3n) is 6.09. The fourth-order valence-corrected chi connectivity index (χ4v) is 5.13. The number of rotatable bonds is 4. The Morgan fingerprint density at radius 1 is 1.31 bits per heavy atom. The lowest BCUT2D eigenvalue weighted by Crippen LogP contribution is -2.52. The summed E-state index contributed by atoms with van der Waals surface area (Å²) in [6.07, 6.45) is 6.89. The molecule has 1 aliphatic carbocycles. The highest BCUT2D eigenvalue weighted by molar-refractivity contribution is 7.80. The summed E-state index contributed by atoms with van der Waals surface area (Å²) in [4.78, 5) is 5.21. The van der Waals surface area contributed by atoms with Crippen LogP contribution in [-0.2, 0) is 0 Å². The lowest BCUT2D eigenvalue weighted by atomic mass is 9.73. The molecule has 1 saturated heterocycles. The van der Waals surface area contributed by atoms with E-state index in [0.29, 0.717) is 0 Å². The Balaban J connectivity index is 1.69. The second-order valence-corrected chi connectivity index (χ2v) is 8.36. The Labute approximate surface area is 161 Å². The molecule has 1 aromatic heterocycles. The first kappa shape index (κ1) is 17.6. The van der Waals surface area contributed by atoms with Gasteiger partial charge in [0.05, 0.1) is 6.04 Å². The van der Waals surface area contributed by atoms with Crippen LogP contribution in [0.4, 0.5) is 0 Å². The van der Waals surface area contributed by atoms with Gasteiger partial charge in [0, 0.05) is 23.0 Å². The van der Waals surface area contributed by atoms with Crippen LogP contribution in [0.2, 0.25) is 0 Å². The number of hydrogen-bond acceptors (Lipinski definition) is 3. The third kappa shape index (κ3) is 3.28. The number of nitrogens with one attached hydrogen (secondary N) is 2. The molecular formula is C22H27N3S. The number of nitrogens with zero attached hydrogens (tertiary/aromatic N) is 1. The second-order valence-electron chi connectivity index (χ2n) is 7.96. The first-order chi connectivity index (χ1) is 12.6. The first-order valence-corrected chi connectivity index (χ1v) is 10.0. The zero-order chi connectivity index (χ0) is 18.1. The lowest BCUT2D eigenvalue weighted by molar-refractivity contribution is 0.224. The highest BCUT2D eigenvalue weighted by atomic mass is 32.1. The molecule has 1 aliphatic heterocycles. The van der Waals surface area contributed by atoms with E-state index in [2.05, 4.69) is 52.9 Å². The lowest BCUT2D eigenvalue weighted by Gasteiger charge is -2.41. The standard InChI is InChI=1S/C22H27N3S/c1-15-6-3-8-18(12-15)20(22-10-4-7-17(13-22)14-24-22)25-21(26)19-9-5-11-23-16(19)2/h3,5-6,8-9,11-12,17,20,24H,4,7,10,13-14H2,1-2H3,(H,25,26).